The van der Waals surface area contributed by atoms with Crippen LogP contribution < -0.4 is 5.32 Å². The number of amides is 2. The Morgan fingerprint density at radius 2 is 1.93 bits per heavy atom. The molecule has 0 unspecified atom stereocenters. The second-order valence-corrected chi connectivity index (χ2v) is 5.79. The Kier molecular flexibility index (Phi) is 6.73. The third-order valence-corrected chi connectivity index (χ3v) is 3.87. The van der Waals surface area contributed by atoms with E-state index in [-0.39, 0.29) is 0 Å². The van der Waals surface area contributed by atoms with Crippen molar-refractivity contribution in [1.82, 2.24) is 15.1 Å². The van der Waals surface area contributed by atoms with E-state index < -0.39 is 24.1 Å². The number of aryl methyl sites for hydroxylation is 1. The first kappa shape index (κ1) is 20.2. The van der Waals surface area contributed by atoms with E-state index in [0.29, 0.717) is 16.4 Å². The summed E-state index contributed by atoms with van der Waals surface area (Å²) in [6.45, 7) is 3.08. The fourth-order valence-electron chi connectivity index (χ4n) is 2.11. The number of rotatable bonds is 5. The summed E-state index contributed by atoms with van der Waals surface area (Å²) in [7, 11) is 1.11. The predicted octanol–water partition coefficient (Wildman–Crippen LogP) is 2.66. The summed E-state index contributed by atoms with van der Waals surface area (Å²) in [6, 6.07) is 9.29. The van der Waals surface area contributed by atoms with Gasteiger partial charge in [-0.3, -0.25) is 10.1 Å². The van der Waals surface area contributed by atoms with Crippen molar-refractivity contribution < 1.29 is 23.9 Å². The molecule has 27 heavy (non-hydrogen) atoms. The molecule has 2 amide bonds. The second-order valence-electron chi connectivity index (χ2n) is 5.43. The number of ether oxygens (including phenoxy) is 2. The number of nitrogens with zero attached hydrogens (tertiary/aromatic N) is 2. The van der Waals surface area contributed by atoms with Crippen LogP contribution in [0.25, 0.3) is 11.8 Å². The minimum absolute atomic E-state index is 0.333. The van der Waals surface area contributed by atoms with Crippen molar-refractivity contribution >= 4 is 35.6 Å². The van der Waals surface area contributed by atoms with Gasteiger partial charge in [0, 0.05) is 11.6 Å². The molecule has 0 saturated carbocycles. The quantitative estimate of drug-likeness (QED) is 0.621. The van der Waals surface area contributed by atoms with Crippen LogP contribution in [0.1, 0.15) is 18.2 Å². The zero-order valence-electron chi connectivity index (χ0n) is 14.9. The van der Waals surface area contributed by atoms with Gasteiger partial charge in [-0.2, -0.15) is 5.10 Å². The average Bonchev–Trinajstić information content (AvgIpc) is 2.94. The molecule has 1 heterocycles. The number of nitrogens with one attached hydrogen (secondary N) is 1. The van der Waals surface area contributed by atoms with Crippen LogP contribution in [0.15, 0.2) is 36.4 Å². The summed E-state index contributed by atoms with van der Waals surface area (Å²) in [5.74, 6) is -1.57. The van der Waals surface area contributed by atoms with Crippen molar-refractivity contribution in [2.45, 2.75) is 20.0 Å². The number of para-hydroxylation sites is 1. The molecule has 9 heteroatoms. The molecule has 2 rings (SSSR count). The summed E-state index contributed by atoms with van der Waals surface area (Å²) in [5.41, 5.74) is 1.94. The number of hydrogen-bond acceptors (Lipinski definition) is 6. The van der Waals surface area contributed by atoms with E-state index in [1.54, 1.807) is 11.6 Å². The number of carbonyl (C=O) groups is 3. The van der Waals surface area contributed by atoms with Crippen LogP contribution >= 0.6 is 11.6 Å². The van der Waals surface area contributed by atoms with Gasteiger partial charge < -0.3 is 9.47 Å². The Labute approximate surface area is 160 Å². The molecule has 0 aliphatic heterocycles. The molecule has 1 aromatic carbocycles. The monoisotopic (exact) mass is 391 g/mol. The number of alkyl carbamates (subject to hydrolysis) is 1. The molecule has 0 radical (unpaired) electrons. The van der Waals surface area contributed by atoms with Crippen molar-refractivity contribution in [2.75, 3.05) is 7.11 Å². The Morgan fingerprint density at radius 1 is 1.26 bits per heavy atom. The second kappa shape index (κ2) is 9.00. The van der Waals surface area contributed by atoms with E-state index in [0.717, 1.165) is 18.9 Å². The molecule has 8 nitrogen and oxygen atoms in total. The van der Waals surface area contributed by atoms with E-state index in [1.807, 2.05) is 35.6 Å². The molecule has 0 spiro atoms. The highest BCUT2D eigenvalue weighted by Gasteiger charge is 2.19. The summed E-state index contributed by atoms with van der Waals surface area (Å²) >= 11 is 6.36. The molecule has 0 aliphatic carbocycles. The van der Waals surface area contributed by atoms with E-state index in [1.165, 1.54) is 13.0 Å². The smallest absolute Gasteiger partial charge is 0.413 e. The van der Waals surface area contributed by atoms with Crippen molar-refractivity contribution in [3.63, 3.8) is 0 Å². The molecule has 0 saturated heterocycles. The standard InChI is InChI=1S/C18H18ClN3O5/c1-11-14(16(19)22(21-11)13-7-5-4-6-8-13)9-10-15(23)27-12(2)17(24)20-18(25)26-3/h4-10,12H,1-3H3,(H,20,24,25)/b10-9+/t12-/m1/s1. The maximum atomic E-state index is 11.9. The zero-order chi connectivity index (χ0) is 20.0. The highest BCUT2D eigenvalue weighted by molar-refractivity contribution is 6.31. The minimum Gasteiger partial charge on any atom is -0.453 e. The van der Waals surface area contributed by atoms with Crippen LogP contribution in [0.2, 0.25) is 5.15 Å². The van der Waals surface area contributed by atoms with Gasteiger partial charge in [-0.25, -0.2) is 14.3 Å². The number of carbonyl (C=O) groups excluding carboxylic acids is 3. The molecule has 0 fully saturated rings. The van der Waals surface area contributed by atoms with Crippen molar-refractivity contribution in [1.29, 1.82) is 0 Å². The van der Waals surface area contributed by atoms with E-state index in [4.69, 9.17) is 16.3 Å². The van der Waals surface area contributed by atoms with E-state index in [2.05, 4.69) is 9.84 Å². The van der Waals surface area contributed by atoms with Crippen LogP contribution in [0.3, 0.4) is 0 Å². The van der Waals surface area contributed by atoms with Gasteiger partial charge in [-0.1, -0.05) is 29.8 Å². The van der Waals surface area contributed by atoms with Gasteiger partial charge in [0.05, 0.1) is 18.5 Å². The van der Waals surface area contributed by atoms with Gasteiger partial charge in [0.15, 0.2) is 6.10 Å². The maximum absolute atomic E-state index is 11.9. The van der Waals surface area contributed by atoms with E-state index in [9.17, 15) is 14.4 Å². The van der Waals surface area contributed by atoms with Crippen molar-refractivity contribution in [2.24, 2.45) is 0 Å². The summed E-state index contributed by atoms with van der Waals surface area (Å²) in [4.78, 5) is 34.5. The van der Waals surface area contributed by atoms with Gasteiger partial charge in [-0.15, -0.1) is 0 Å². The Balaban J connectivity index is 2.07. The number of aromatic nitrogens is 2. The first-order valence-electron chi connectivity index (χ1n) is 7.91. The van der Waals surface area contributed by atoms with Gasteiger partial charge in [-0.05, 0) is 32.1 Å². The first-order chi connectivity index (χ1) is 12.8. The molecule has 1 aromatic heterocycles. The highest BCUT2D eigenvalue weighted by Crippen LogP contribution is 2.24. The van der Waals surface area contributed by atoms with Gasteiger partial charge in [0.25, 0.3) is 5.91 Å². The van der Waals surface area contributed by atoms with Crippen LogP contribution in [-0.2, 0) is 19.1 Å². The first-order valence-corrected chi connectivity index (χ1v) is 8.29. The number of esters is 1. The Hall–Kier alpha value is -3.13. The van der Waals surface area contributed by atoms with Crippen LogP contribution in [0.4, 0.5) is 4.79 Å². The number of halogens is 1. The Morgan fingerprint density at radius 3 is 2.56 bits per heavy atom. The number of imide groups is 1. The molecular weight excluding hydrogens is 374 g/mol. The summed E-state index contributed by atoms with van der Waals surface area (Å²) in [6.07, 6.45) is 0.476. The fraction of sp³-hybridized carbons (Fsp3) is 0.222. The SMILES string of the molecule is COC(=O)NC(=O)[C@@H](C)OC(=O)/C=C/c1c(C)nn(-c2ccccc2)c1Cl. The van der Waals surface area contributed by atoms with Crippen molar-refractivity contribution in [3.8, 4) is 5.69 Å². The molecule has 1 N–H and O–H groups in total. The molecule has 142 valence electrons. The lowest BCUT2D eigenvalue weighted by Gasteiger charge is -2.10. The number of benzene rings is 1. The highest BCUT2D eigenvalue weighted by atomic mass is 35.5. The normalized spacial score (nSPS) is 11.9. The minimum atomic E-state index is -1.18. The summed E-state index contributed by atoms with van der Waals surface area (Å²) in [5, 5.41) is 6.60. The molecule has 1 atom stereocenters. The number of methoxy groups -OCH3 is 1. The van der Waals surface area contributed by atoms with Crippen LogP contribution in [0.5, 0.6) is 0 Å². The third-order valence-electron chi connectivity index (χ3n) is 3.51. The maximum Gasteiger partial charge on any atom is 0.413 e. The zero-order valence-corrected chi connectivity index (χ0v) is 15.7. The predicted molar refractivity (Wildman–Crippen MR) is 98.4 cm³/mol. The van der Waals surface area contributed by atoms with Crippen LogP contribution in [-0.4, -0.2) is 41.0 Å². The molecule has 0 aliphatic rings. The van der Waals surface area contributed by atoms with Gasteiger partial charge >= 0.3 is 12.1 Å². The van der Waals surface area contributed by atoms with Crippen molar-refractivity contribution in [3.05, 3.63) is 52.8 Å². The fourth-order valence-corrected chi connectivity index (χ4v) is 2.45. The summed E-state index contributed by atoms with van der Waals surface area (Å²) < 4.78 is 10.8. The molecular formula is C18H18ClN3O5. The lowest BCUT2D eigenvalue weighted by atomic mass is 10.2. The molecule has 0 bridgehead atoms. The third kappa shape index (κ3) is 5.18. The van der Waals surface area contributed by atoms with Gasteiger partial charge in [0.1, 0.15) is 5.15 Å². The Bertz CT molecular complexity index is 877. The average molecular weight is 392 g/mol. The van der Waals surface area contributed by atoms with Gasteiger partial charge in [0.2, 0.25) is 0 Å². The largest absolute Gasteiger partial charge is 0.453 e. The lowest BCUT2D eigenvalue weighted by molar-refractivity contribution is -0.149. The lowest BCUT2D eigenvalue weighted by Crippen LogP contribution is -2.39. The van der Waals surface area contributed by atoms with Crippen LogP contribution in [0, 0.1) is 6.92 Å². The molecule has 2 aromatic rings. The topological polar surface area (TPSA) is 99.5 Å². The van der Waals surface area contributed by atoms with E-state index >= 15 is 0 Å². The number of hydrogen-bond donors (Lipinski definition) is 1.